The maximum absolute atomic E-state index is 10.9. The molecule has 0 bridgehead atoms. The number of aromatic nitrogens is 2. The molecule has 100 valence electrons. The number of hydrogen-bond donors (Lipinski definition) is 0. The summed E-state index contributed by atoms with van der Waals surface area (Å²) in [7, 11) is 0. The van der Waals surface area contributed by atoms with Crippen LogP contribution in [0.2, 0.25) is 0 Å². The summed E-state index contributed by atoms with van der Waals surface area (Å²) in [5.74, 6) is 0.611. The smallest absolute Gasteiger partial charge is 0.153 e. The standard InChI is InChI=1S/C15H18N2O2/c1-3-13-9-14(17(4-2)16-13)11-19-15-8-6-5-7-12(15)10-18/h5-10H,3-4,11H2,1-2H3. The Labute approximate surface area is 113 Å². The number of carbonyl (C=O) groups is 1. The Morgan fingerprint density at radius 3 is 2.79 bits per heavy atom. The Morgan fingerprint density at radius 2 is 2.11 bits per heavy atom. The van der Waals surface area contributed by atoms with Crippen LogP contribution in [-0.4, -0.2) is 16.1 Å². The van der Waals surface area contributed by atoms with Crippen LogP contribution in [0.3, 0.4) is 0 Å². The lowest BCUT2D eigenvalue weighted by Crippen LogP contribution is -2.06. The first kappa shape index (κ1) is 13.3. The van der Waals surface area contributed by atoms with Crippen LogP contribution >= 0.6 is 0 Å². The molecule has 0 fully saturated rings. The highest BCUT2D eigenvalue weighted by Crippen LogP contribution is 2.17. The van der Waals surface area contributed by atoms with E-state index in [0.717, 1.165) is 30.6 Å². The highest BCUT2D eigenvalue weighted by atomic mass is 16.5. The third-order valence-corrected chi connectivity index (χ3v) is 3.00. The highest BCUT2D eigenvalue weighted by molar-refractivity contribution is 5.79. The number of carbonyl (C=O) groups excluding carboxylic acids is 1. The third kappa shape index (κ3) is 3.02. The van der Waals surface area contributed by atoms with Gasteiger partial charge in [-0.3, -0.25) is 9.48 Å². The Morgan fingerprint density at radius 1 is 1.32 bits per heavy atom. The first-order valence-electron chi connectivity index (χ1n) is 6.51. The van der Waals surface area contributed by atoms with Gasteiger partial charge in [-0.1, -0.05) is 19.1 Å². The predicted molar refractivity (Wildman–Crippen MR) is 73.4 cm³/mol. The van der Waals surface area contributed by atoms with Gasteiger partial charge in [0.1, 0.15) is 12.4 Å². The molecule has 4 nitrogen and oxygen atoms in total. The topological polar surface area (TPSA) is 44.1 Å². The van der Waals surface area contributed by atoms with Crippen LogP contribution in [0.15, 0.2) is 30.3 Å². The van der Waals surface area contributed by atoms with Crippen LogP contribution in [0.25, 0.3) is 0 Å². The van der Waals surface area contributed by atoms with Gasteiger partial charge in [0.2, 0.25) is 0 Å². The van der Waals surface area contributed by atoms with Gasteiger partial charge in [0.05, 0.1) is 17.0 Å². The van der Waals surface area contributed by atoms with Crippen LogP contribution in [0.4, 0.5) is 0 Å². The molecule has 0 aliphatic rings. The summed E-state index contributed by atoms with van der Waals surface area (Å²) in [6, 6.07) is 9.28. The Balaban J connectivity index is 2.13. The highest BCUT2D eigenvalue weighted by Gasteiger charge is 2.08. The summed E-state index contributed by atoms with van der Waals surface area (Å²) >= 11 is 0. The van der Waals surface area contributed by atoms with Crippen molar-refractivity contribution in [3.05, 3.63) is 47.3 Å². The van der Waals surface area contributed by atoms with Crippen molar-refractivity contribution in [2.24, 2.45) is 0 Å². The number of hydrogen-bond acceptors (Lipinski definition) is 3. The lowest BCUT2D eigenvalue weighted by molar-refractivity contribution is 0.111. The van der Waals surface area contributed by atoms with Crippen LogP contribution in [0.1, 0.15) is 35.6 Å². The molecule has 4 heteroatoms. The molecule has 1 heterocycles. The Hall–Kier alpha value is -2.10. The minimum absolute atomic E-state index is 0.422. The maximum Gasteiger partial charge on any atom is 0.153 e. The van der Waals surface area contributed by atoms with E-state index in [1.165, 1.54) is 0 Å². The molecule has 0 spiro atoms. The minimum atomic E-state index is 0.422. The van der Waals surface area contributed by atoms with Gasteiger partial charge in [0.15, 0.2) is 6.29 Å². The first-order chi connectivity index (χ1) is 9.28. The van der Waals surface area contributed by atoms with E-state index in [1.54, 1.807) is 12.1 Å². The molecule has 1 aromatic carbocycles. The van der Waals surface area contributed by atoms with Crippen molar-refractivity contribution in [3.63, 3.8) is 0 Å². The maximum atomic E-state index is 10.9. The number of rotatable bonds is 6. The average Bonchev–Trinajstić information content (AvgIpc) is 2.87. The van der Waals surface area contributed by atoms with Crippen molar-refractivity contribution in [1.29, 1.82) is 0 Å². The lowest BCUT2D eigenvalue weighted by Gasteiger charge is -2.09. The van der Waals surface area contributed by atoms with E-state index in [9.17, 15) is 4.79 Å². The van der Waals surface area contributed by atoms with E-state index < -0.39 is 0 Å². The minimum Gasteiger partial charge on any atom is -0.487 e. The summed E-state index contributed by atoms with van der Waals surface area (Å²) in [6.07, 6.45) is 1.72. The molecule has 2 rings (SSSR count). The zero-order valence-corrected chi connectivity index (χ0v) is 11.3. The van der Waals surface area contributed by atoms with Crippen LogP contribution < -0.4 is 4.74 Å². The molecular formula is C15H18N2O2. The summed E-state index contributed by atoms with van der Waals surface area (Å²) in [4.78, 5) is 10.9. The molecule has 0 radical (unpaired) electrons. The zero-order chi connectivity index (χ0) is 13.7. The second-order valence-electron chi connectivity index (χ2n) is 4.24. The normalized spacial score (nSPS) is 10.4. The van der Waals surface area contributed by atoms with Gasteiger partial charge >= 0.3 is 0 Å². The largest absolute Gasteiger partial charge is 0.487 e. The van der Waals surface area contributed by atoms with Crippen molar-refractivity contribution < 1.29 is 9.53 Å². The number of nitrogens with zero attached hydrogens (tertiary/aromatic N) is 2. The first-order valence-corrected chi connectivity index (χ1v) is 6.51. The molecule has 0 aliphatic heterocycles. The SMILES string of the molecule is CCc1cc(COc2ccccc2C=O)n(CC)n1. The van der Waals surface area contributed by atoms with Gasteiger partial charge in [-0.05, 0) is 31.5 Å². The fraction of sp³-hybridized carbons (Fsp3) is 0.333. The van der Waals surface area contributed by atoms with Gasteiger partial charge in [0, 0.05) is 6.54 Å². The number of aldehydes is 1. The molecule has 2 aromatic rings. The molecule has 0 amide bonds. The van der Waals surface area contributed by atoms with Crippen molar-refractivity contribution in [3.8, 4) is 5.75 Å². The Bertz CT molecular complexity index is 561. The van der Waals surface area contributed by atoms with E-state index in [4.69, 9.17) is 4.74 Å². The van der Waals surface area contributed by atoms with Gasteiger partial charge in [-0.2, -0.15) is 5.10 Å². The lowest BCUT2D eigenvalue weighted by atomic mass is 10.2. The van der Waals surface area contributed by atoms with Crippen molar-refractivity contribution in [1.82, 2.24) is 9.78 Å². The zero-order valence-electron chi connectivity index (χ0n) is 11.3. The summed E-state index contributed by atoms with van der Waals surface area (Å²) < 4.78 is 7.66. The van der Waals surface area contributed by atoms with E-state index in [2.05, 4.69) is 18.9 Å². The molecule has 0 N–H and O–H groups in total. The van der Waals surface area contributed by atoms with Crippen LogP contribution in [0, 0.1) is 0 Å². The van der Waals surface area contributed by atoms with Gasteiger partial charge in [0.25, 0.3) is 0 Å². The van der Waals surface area contributed by atoms with Crippen molar-refractivity contribution in [2.75, 3.05) is 0 Å². The third-order valence-electron chi connectivity index (χ3n) is 3.00. The molecule has 0 aliphatic carbocycles. The van der Waals surface area contributed by atoms with E-state index in [0.29, 0.717) is 17.9 Å². The summed E-state index contributed by atoms with van der Waals surface area (Å²) in [6.45, 7) is 5.36. The summed E-state index contributed by atoms with van der Waals surface area (Å²) in [5.41, 5.74) is 2.66. The second kappa shape index (κ2) is 6.18. The van der Waals surface area contributed by atoms with Crippen molar-refractivity contribution >= 4 is 6.29 Å². The number of aryl methyl sites for hydroxylation is 2. The molecule has 0 unspecified atom stereocenters. The molecular weight excluding hydrogens is 240 g/mol. The number of benzene rings is 1. The number of ether oxygens (including phenoxy) is 1. The van der Waals surface area contributed by atoms with E-state index >= 15 is 0 Å². The van der Waals surface area contributed by atoms with Gasteiger partial charge in [-0.15, -0.1) is 0 Å². The quantitative estimate of drug-likeness (QED) is 0.748. The predicted octanol–water partition coefficient (Wildman–Crippen LogP) is 2.86. The second-order valence-corrected chi connectivity index (χ2v) is 4.24. The fourth-order valence-electron chi connectivity index (χ4n) is 1.94. The van der Waals surface area contributed by atoms with E-state index in [-0.39, 0.29) is 0 Å². The summed E-state index contributed by atoms with van der Waals surface area (Å²) in [5, 5.41) is 4.47. The van der Waals surface area contributed by atoms with Crippen LogP contribution in [0.5, 0.6) is 5.75 Å². The Kier molecular flexibility index (Phi) is 4.34. The van der Waals surface area contributed by atoms with Crippen LogP contribution in [-0.2, 0) is 19.6 Å². The fourth-order valence-corrected chi connectivity index (χ4v) is 1.94. The molecule has 0 saturated heterocycles. The van der Waals surface area contributed by atoms with Gasteiger partial charge < -0.3 is 4.74 Å². The monoisotopic (exact) mass is 258 g/mol. The molecule has 19 heavy (non-hydrogen) atoms. The van der Waals surface area contributed by atoms with Gasteiger partial charge in [-0.25, -0.2) is 0 Å². The molecule has 1 aromatic heterocycles. The molecule has 0 atom stereocenters. The average molecular weight is 258 g/mol. The molecule has 0 saturated carbocycles. The van der Waals surface area contributed by atoms with E-state index in [1.807, 2.05) is 22.9 Å². The number of para-hydroxylation sites is 1. The van der Waals surface area contributed by atoms with Crippen molar-refractivity contribution in [2.45, 2.75) is 33.4 Å².